The Morgan fingerprint density at radius 1 is 1.25 bits per heavy atom. The van der Waals surface area contributed by atoms with Gasteiger partial charge >= 0.3 is 0 Å². The van der Waals surface area contributed by atoms with Gasteiger partial charge in [0.05, 0.1) is 18.6 Å². The first-order valence-electron chi connectivity index (χ1n) is 11.5. The van der Waals surface area contributed by atoms with E-state index >= 15 is 0 Å². The lowest BCUT2D eigenvalue weighted by Gasteiger charge is -2.17. The summed E-state index contributed by atoms with van der Waals surface area (Å²) in [5.41, 5.74) is 4.73. The minimum Gasteiger partial charge on any atom is -0.356 e. The Bertz CT molecular complexity index is 1610. The minimum absolute atomic E-state index is 0.249. The van der Waals surface area contributed by atoms with Gasteiger partial charge in [-0.25, -0.2) is 19.3 Å². The predicted molar refractivity (Wildman–Crippen MR) is 136 cm³/mol. The first-order valence-corrected chi connectivity index (χ1v) is 12.4. The van der Waals surface area contributed by atoms with E-state index in [4.69, 9.17) is 0 Å². The lowest BCUT2D eigenvalue weighted by Crippen LogP contribution is -2.31. The molecular formula is C27H21FN6OS. The van der Waals surface area contributed by atoms with Gasteiger partial charge in [0.2, 0.25) is 0 Å². The largest absolute Gasteiger partial charge is 0.356 e. The van der Waals surface area contributed by atoms with Gasteiger partial charge in [0.1, 0.15) is 17.9 Å². The molecule has 1 aromatic carbocycles. The van der Waals surface area contributed by atoms with Crippen molar-refractivity contribution in [2.45, 2.75) is 32.1 Å². The molecule has 178 valence electrons. The molecule has 1 amide bonds. The molecule has 0 saturated carbocycles. The fourth-order valence-corrected chi connectivity index (χ4v) is 5.03. The Morgan fingerprint density at radius 2 is 2.14 bits per heavy atom. The van der Waals surface area contributed by atoms with E-state index in [1.54, 1.807) is 18.6 Å². The lowest BCUT2D eigenvalue weighted by molar-refractivity contribution is 0.0936. The number of hydrogen-bond donors (Lipinski definition) is 2. The van der Waals surface area contributed by atoms with Crippen LogP contribution in [0.15, 0.2) is 60.4 Å². The standard InChI is InChI=1S/C27H21FN6OS/c1-16-10-17(6-7-24-29-8-9-36-24)11-22(31-16)27(35)33-25(21-12-18-4-2-3-5-20(18)32-21)26-23-13-19(28)14-34(23)15-30-26/h2-5,8-12,15,19,25,32H,13-14H2,1H3,(H,33,35)/t19-,25?/m1/s1. The number of aryl methyl sites for hydroxylation is 1. The summed E-state index contributed by atoms with van der Waals surface area (Å²) < 4.78 is 16.0. The molecule has 1 aliphatic heterocycles. The Labute approximate surface area is 210 Å². The zero-order chi connectivity index (χ0) is 24.6. The molecule has 0 saturated heterocycles. The number of alkyl halides is 1. The molecule has 0 radical (unpaired) electrons. The summed E-state index contributed by atoms with van der Waals surface area (Å²) >= 11 is 1.45. The maximum atomic E-state index is 14.2. The molecule has 4 aromatic heterocycles. The molecule has 0 aliphatic carbocycles. The third-order valence-corrected chi connectivity index (χ3v) is 6.82. The van der Waals surface area contributed by atoms with Crippen LogP contribution in [0.3, 0.4) is 0 Å². The molecule has 2 N–H and O–H groups in total. The van der Waals surface area contributed by atoms with Crippen LogP contribution in [0.5, 0.6) is 0 Å². The average molecular weight is 497 g/mol. The number of aromatic amines is 1. The molecule has 7 nitrogen and oxygen atoms in total. The number of halogens is 1. The lowest BCUT2D eigenvalue weighted by atomic mass is 10.1. The Balaban J connectivity index is 1.36. The highest BCUT2D eigenvalue weighted by atomic mass is 32.1. The number of benzene rings is 1. The molecular weight excluding hydrogens is 475 g/mol. The zero-order valence-electron chi connectivity index (χ0n) is 19.3. The second-order valence-electron chi connectivity index (χ2n) is 8.72. The van der Waals surface area contributed by atoms with Crippen molar-refractivity contribution in [3.8, 4) is 11.8 Å². The highest BCUT2D eigenvalue weighted by Crippen LogP contribution is 2.30. The van der Waals surface area contributed by atoms with Crippen molar-refractivity contribution in [3.05, 3.63) is 99.4 Å². The third-order valence-electron chi connectivity index (χ3n) is 6.13. The topological polar surface area (TPSA) is 88.5 Å². The average Bonchev–Trinajstić information content (AvgIpc) is 3.65. The van der Waals surface area contributed by atoms with Crippen molar-refractivity contribution in [2.75, 3.05) is 0 Å². The molecule has 2 atom stereocenters. The smallest absolute Gasteiger partial charge is 0.270 e. The van der Waals surface area contributed by atoms with Crippen molar-refractivity contribution in [1.29, 1.82) is 0 Å². The maximum Gasteiger partial charge on any atom is 0.270 e. The minimum atomic E-state index is -0.960. The number of fused-ring (bicyclic) bond motifs is 2. The number of H-pyrrole nitrogens is 1. The number of nitrogens with zero attached hydrogens (tertiary/aromatic N) is 4. The molecule has 0 spiro atoms. The number of amides is 1. The van der Waals surface area contributed by atoms with Gasteiger partial charge < -0.3 is 14.9 Å². The van der Waals surface area contributed by atoms with E-state index in [1.165, 1.54) is 11.3 Å². The normalized spacial score (nSPS) is 15.3. The van der Waals surface area contributed by atoms with Crippen LogP contribution >= 0.6 is 11.3 Å². The van der Waals surface area contributed by atoms with Crippen LogP contribution in [0, 0.1) is 18.8 Å². The number of thiazole rings is 1. The number of pyridine rings is 1. The maximum absolute atomic E-state index is 14.2. The summed E-state index contributed by atoms with van der Waals surface area (Å²) in [6, 6.07) is 12.8. The zero-order valence-corrected chi connectivity index (χ0v) is 20.1. The van der Waals surface area contributed by atoms with Gasteiger partial charge in [0.25, 0.3) is 5.91 Å². The van der Waals surface area contributed by atoms with E-state index in [0.717, 1.165) is 22.3 Å². The summed E-state index contributed by atoms with van der Waals surface area (Å²) in [5, 5.41) is 6.67. The van der Waals surface area contributed by atoms with Crippen LogP contribution in [-0.2, 0) is 13.0 Å². The van der Waals surface area contributed by atoms with Gasteiger partial charge in [-0.1, -0.05) is 24.1 Å². The number of carbonyl (C=O) groups excluding carboxylic acids is 1. The Kier molecular flexibility index (Phi) is 5.58. The number of rotatable bonds is 4. The number of carbonyl (C=O) groups is 1. The fraction of sp³-hybridized carbons (Fsp3) is 0.185. The molecule has 36 heavy (non-hydrogen) atoms. The van der Waals surface area contributed by atoms with Gasteiger partial charge in [-0.3, -0.25) is 4.79 Å². The second-order valence-corrected chi connectivity index (χ2v) is 9.61. The number of imidazole rings is 1. The van der Waals surface area contributed by atoms with E-state index in [0.29, 0.717) is 22.0 Å². The first-order chi connectivity index (χ1) is 17.5. The Hall–Kier alpha value is -4.29. The van der Waals surface area contributed by atoms with Crippen LogP contribution < -0.4 is 5.32 Å². The highest BCUT2D eigenvalue weighted by molar-refractivity contribution is 7.10. The van der Waals surface area contributed by atoms with E-state index < -0.39 is 12.2 Å². The molecule has 1 unspecified atom stereocenters. The van der Waals surface area contributed by atoms with Crippen molar-refractivity contribution < 1.29 is 9.18 Å². The van der Waals surface area contributed by atoms with Gasteiger partial charge in [-0.15, -0.1) is 11.3 Å². The number of hydrogen-bond acceptors (Lipinski definition) is 5. The van der Waals surface area contributed by atoms with Crippen LogP contribution in [-0.4, -0.2) is 36.6 Å². The van der Waals surface area contributed by atoms with Crippen molar-refractivity contribution in [2.24, 2.45) is 0 Å². The van der Waals surface area contributed by atoms with Crippen LogP contribution in [0.1, 0.15) is 49.9 Å². The van der Waals surface area contributed by atoms with E-state index in [-0.39, 0.29) is 24.6 Å². The molecule has 6 rings (SSSR count). The monoisotopic (exact) mass is 496 g/mol. The molecule has 0 fully saturated rings. The van der Waals surface area contributed by atoms with Crippen LogP contribution in [0.25, 0.3) is 10.9 Å². The number of aromatic nitrogens is 5. The van der Waals surface area contributed by atoms with Crippen molar-refractivity contribution in [3.63, 3.8) is 0 Å². The van der Waals surface area contributed by atoms with E-state index in [2.05, 4.69) is 37.1 Å². The molecule has 5 aromatic rings. The summed E-state index contributed by atoms with van der Waals surface area (Å²) in [5.74, 6) is 5.72. The SMILES string of the molecule is Cc1cc(C#Cc2nccs2)cc(C(=O)NC(c2cc3ccccc3[nH]2)c2ncn3c2C[C@@H](F)C3)n1. The molecule has 0 bridgehead atoms. The molecule has 9 heteroatoms. The number of para-hydroxylation sites is 1. The summed E-state index contributed by atoms with van der Waals surface area (Å²) in [4.78, 5) is 30.1. The van der Waals surface area contributed by atoms with Gasteiger partial charge in [0, 0.05) is 46.2 Å². The van der Waals surface area contributed by atoms with Crippen LogP contribution in [0.2, 0.25) is 0 Å². The third kappa shape index (κ3) is 4.27. The first kappa shape index (κ1) is 22.2. The Morgan fingerprint density at radius 3 is 2.97 bits per heavy atom. The quantitative estimate of drug-likeness (QED) is 0.363. The fourth-order valence-electron chi connectivity index (χ4n) is 4.55. The highest BCUT2D eigenvalue weighted by Gasteiger charge is 2.31. The summed E-state index contributed by atoms with van der Waals surface area (Å²) in [6.07, 6.45) is 2.65. The van der Waals surface area contributed by atoms with Crippen molar-refractivity contribution >= 4 is 28.1 Å². The van der Waals surface area contributed by atoms with Crippen molar-refractivity contribution in [1.82, 2.24) is 29.8 Å². The predicted octanol–water partition coefficient (Wildman–Crippen LogP) is 4.34. The van der Waals surface area contributed by atoms with Crippen LogP contribution in [0.4, 0.5) is 4.39 Å². The summed E-state index contributed by atoms with van der Waals surface area (Å²) in [6.45, 7) is 2.10. The van der Waals surface area contributed by atoms with E-state index in [1.807, 2.05) is 53.3 Å². The second kappa shape index (κ2) is 9.06. The van der Waals surface area contributed by atoms with Gasteiger partial charge in [-0.05, 0) is 42.5 Å². The van der Waals surface area contributed by atoms with Gasteiger partial charge in [-0.2, -0.15) is 0 Å². The molecule has 5 heterocycles. The van der Waals surface area contributed by atoms with Gasteiger partial charge in [0.15, 0.2) is 5.01 Å². The van der Waals surface area contributed by atoms with E-state index in [9.17, 15) is 9.18 Å². The molecule has 1 aliphatic rings. The number of nitrogens with one attached hydrogen (secondary N) is 2. The summed E-state index contributed by atoms with van der Waals surface area (Å²) in [7, 11) is 0.